The van der Waals surface area contributed by atoms with Crippen LogP contribution in [0.2, 0.25) is 0 Å². The van der Waals surface area contributed by atoms with Crippen LogP contribution in [-0.4, -0.2) is 30.1 Å². The molecular weight excluding hydrogens is 271 g/mol. The average molecular weight is 288 g/mol. The zero-order valence-corrected chi connectivity index (χ0v) is 11.7. The van der Waals surface area contributed by atoms with Gasteiger partial charge in [-0.3, -0.25) is 4.52 Å². The van der Waals surface area contributed by atoms with Crippen molar-refractivity contribution in [2.45, 2.75) is 20.0 Å². The van der Waals surface area contributed by atoms with Crippen LogP contribution in [0.1, 0.15) is 13.8 Å². The summed E-state index contributed by atoms with van der Waals surface area (Å²) in [6.07, 6.45) is -1.91. The smallest absolute Gasteiger partial charge is 0.405 e. The Morgan fingerprint density at radius 3 is 2.53 bits per heavy atom. The lowest BCUT2D eigenvalue weighted by Gasteiger charge is -2.20. The fourth-order valence-electron chi connectivity index (χ4n) is 1.27. The molecule has 1 aromatic carbocycles. The predicted molar refractivity (Wildman–Crippen MR) is 68.9 cm³/mol. The minimum absolute atomic E-state index is 0.190. The van der Waals surface area contributed by atoms with Crippen molar-refractivity contribution in [3.8, 4) is 5.75 Å². The van der Waals surface area contributed by atoms with Gasteiger partial charge in [0.2, 0.25) is 0 Å². The highest BCUT2D eigenvalue weighted by molar-refractivity contribution is 7.54. The molecule has 0 radical (unpaired) electrons. The molecule has 0 aliphatic heterocycles. The van der Waals surface area contributed by atoms with Crippen LogP contribution in [0.25, 0.3) is 0 Å². The molecule has 0 bridgehead atoms. The number of para-hydroxylation sites is 1. The Morgan fingerprint density at radius 2 is 2.00 bits per heavy atom. The van der Waals surface area contributed by atoms with Crippen molar-refractivity contribution < 1.29 is 28.3 Å². The number of carbonyl (C=O) groups excluding carboxylic acids is 1. The Hall–Kier alpha value is -1.36. The molecule has 0 heterocycles. The second-order valence-corrected chi connectivity index (χ2v) is 5.55. The Kier molecular flexibility index (Phi) is 6.02. The molecule has 0 saturated heterocycles. The Balaban J connectivity index is 2.70. The van der Waals surface area contributed by atoms with Crippen LogP contribution < -0.4 is 4.52 Å². The highest BCUT2D eigenvalue weighted by Crippen LogP contribution is 2.48. The van der Waals surface area contributed by atoms with E-state index in [9.17, 15) is 9.36 Å². The molecule has 0 fully saturated rings. The number of aliphatic hydroxyl groups is 1. The van der Waals surface area contributed by atoms with E-state index in [4.69, 9.17) is 18.9 Å². The Bertz CT molecular complexity index is 447. The van der Waals surface area contributed by atoms with Gasteiger partial charge in [-0.15, -0.1) is 0 Å². The summed E-state index contributed by atoms with van der Waals surface area (Å²) in [5, 5.41) is 9.14. The molecule has 106 valence electrons. The maximum absolute atomic E-state index is 12.2. The number of benzene rings is 1. The molecule has 19 heavy (non-hydrogen) atoms. The summed E-state index contributed by atoms with van der Waals surface area (Å²) >= 11 is 0. The van der Waals surface area contributed by atoms with Crippen molar-refractivity contribution in [2.24, 2.45) is 0 Å². The first-order valence-electron chi connectivity index (χ1n) is 5.80. The monoisotopic (exact) mass is 288 g/mol. The van der Waals surface area contributed by atoms with Crippen molar-refractivity contribution in [1.82, 2.24) is 0 Å². The first-order valence-corrected chi connectivity index (χ1v) is 7.53. The van der Waals surface area contributed by atoms with Gasteiger partial charge in [0, 0.05) is 0 Å². The molecule has 0 amide bonds. The number of aliphatic hydroxyl groups excluding tert-OH is 1. The number of hydrogen-bond acceptors (Lipinski definition) is 6. The molecule has 2 unspecified atom stereocenters. The lowest BCUT2D eigenvalue weighted by Crippen LogP contribution is -2.23. The summed E-state index contributed by atoms with van der Waals surface area (Å²) in [5.41, 5.74) is 0. The van der Waals surface area contributed by atoms with E-state index in [0.717, 1.165) is 0 Å². The largest absolute Gasteiger partial charge is 0.464 e. The van der Waals surface area contributed by atoms with Gasteiger partial charge in [-0.1, -0.05) is 18.2 Å². The van der Waals surface area contributed by atoms with Crippen LogP contribution in [0.3, 0.4) is 0 Å². The van der Waals surface area contributed by atoms with E-state index >= 15 is 0 Å². The third-order valence-corrected chi connectivity index (χ3v) is 3.57. The molecule has 0 aliphatic carbocycles. The molecule has 0 aromatic heterocycles. The first kappa shape index (κ1) is 15.7. The van der Waals surface area contributed by atoms with Gasteiger partial charge in [0.25, 0.3) is 0 Å². The number of ether oxygens (including phenoxy) is 1. The number of esters is 1. The summed E-state index contributed by atoms with van der Waals surface area (Å²) in [6, 6.07) is 8.28. The minimum atomic E-state index is -3.80. The topological polar surface area (TPSA) is 82.1 Å². The fraction of sp³-hybridized carbons (Fsp3) is 0.417. The summed E-state index contributed by atoms with van der Waals surface area (Å²) in [7, 11) is -3.80. The zero-order chi connectivity index (χ0) is 14.3. The molecule has 0 aliphatic rings. The molecule has 0 saturated carbocycles. The van der Waals surface area contributed by atoms with Crippen molar-refractivity contribution in [1.29, 1.82) is 0 Å². The third-order valence-electron chi connectivity index (χ3n) is 2.10. The van der Waals surface area contributed by atoms with Gasteiger partial charge in [-0.05, 0) is 26.0 Å². The van der Waals surface area contributed by atoms with E-state index in [0.29, 0.717) is 0 Å². The maximum atomic E-state index is 12.2. The molecule has 0 spiro atoms. The van der Waals surface area contributed by atoms with Crippen molar-refractivity contribution in [3.63, 3.8) is 0 Å². The summed E-state index contributed by atoms with van der Waals surface area (Å²) in [6.45, 7) is 3.22. The van der Waals surface area contributed by atoms with Gasteiger partial charge in [0.1, 0.15) is 5.75 Å². The second-order valence-electron chi connectivity index (χ2n) is 3.66. The Labute approximate surface area is 111 Å². The molecular formula is C12H17O6P. The normalized spacial score (nSPS) is 15.3. The van der Waals surface area contributed by atoms with E-state index in [1.807, 2.05) is 0 Å². The van der Waals surface area contributed by atoms with Crippen LogP contribution in [0.5, 0.6) is 5.75 Å². The van der Waals surface area contributed by atoms with E-state index in [1.54, 1.807) is 37.3 Å². The molecule has 1 rings (SSSR count). The number of hydrogen-bond donors (Lipinski definition) is 1. The van der Waals surface area contributed by atoms with Crippen LogP contribution in [0.4, 0.5) is 0 Å². The van der Waals surface area contributed by atoms with Gasteiger partial charge in [-0.2, -0.15) is 0 Å². The van der Waals surface area contributed by atoms with Crippen LogP contribution in [-0.2, 0) is 18.6 Å². The minimum Gasteiger partial charge on any atom is -0.464 e. The van der Waals surface area contributed by atoms with Gasteiger partial charge >= 0.3 is 13.6 Å². The number of rotatable bonds is 7. The number of carbonyl (C=O) groups is 1. The molecule has 1 N–H and O–H groups in total. The Morgan fingerprint density at radius 1 is 1.37 bits per heavy atom. The SMILES string of the molecule is CCOC(=O)C(C)OP(=O)(CO)Oc1ccccc1. The second kappa shape index (κ2) is 7.28. The summed E-state index contributed by atoms with van der Waals surface area (Å²) in [4.78, 5) is 11.4. The molecule has 6 nitrogen and oxygen atoms in total. The molecule has 1 aromatic rings. The maximum Gasteiger partial charge on any atom is 0.405 e. The highest BCUT2D eigenvalue weighted by Gasteiger charge is 2.31. The third kappa shape index (κ3) is 5.03. The van der Waals surface area contributed by atoms with Gasteiger partial charge in [0.05, 0.1) is 6.61 Å². The van der Waals surface area contributed by atoms with E-state index in [1.165, 1.54) is 6.92 Å². The van der Waals surface area contributed by atoms with Gasteiger partial charge < -0.3 is 14.4 Å². The fourth-order valence-corrected chi connectivity index (χ4v) is 2.45. The zero-order valence-electron chi connectivity index (χ0n) is 10.8. The average Bonchev–Trinajstić information content (AvgIpc) is 2.40. The molecule has 2 atom stereocenters. The van der Waals surface area contributed by atoms with E-state index in [-0.39, 0.29) is 12.4 Å². The van der Waals surface area contributed by atoms with Gasteiger partial charge in [-0.25, -0.2) is 9.36 Å². The first-order chi connectivity index (χ1) is 9.00. The van der Waals surface area contributed by atoms with E-state index in [2.05, 4.69) is 0 Å². The van der Waals surface area contributed by atoms with Gasteiger partial charge in [0.15, 0.2) is 12.5 Å². The van der Waals surface area contributed by atoms with Crippen molar-refractivity contribution in [2.75, 3.05) is 13.0 Å². The summed E-state index contributed by atoms with van der Waals surface area (Å²) < 4.78 is 27.0. The quantitative estimate of drug-likeness (QED) is 0.611. The van der Waals surface area contributed by atoms with Crippen LogP contribution in [0, 0.1) is 0 Å². The van der Waals surface area contributed by atoms with Crippen LogP contribution >= 0.6 is 7.60 Å². The van der Waals surface area contributed by atoms with Crippen molar-refractivity contribution in [3.05, 3.63) is 30.3 Å². The van der Waals surface area contributed by atoms with E-state index < -0.39 is 26.0 Å². The van der Waals surface area contributed by atoms with Crippen molar-refractivity contribution >= 4 is 13.6 Å². The van der Waals surface area contributed by atoms with Crippen LogP contribution in [0.15, 0.2) is 30.3 Å². The summed E-state index contributed by atoms with van der Waals surface area (Å²) in [5.74, 6) is -0.372. The predicted octanol–water partition coefficient (Wildman–Crippen LogP) is 2.18. The lowest BCUT2D eigenvalue weighted by molar-refractivity contribution is -0.150. The lowest BCUT2D eigenvalue weighted by atomic mass is 10.3. The molecule has 7 heteroatoms. The highest BCUT2D eigenvalue weighted by atomic mass is 31.2. The standard InChI is InChI=1S/C12H17O6P/c1-3-16-12(14)10(2)17-19(15,9-13)18-11-7-5-4-6-8-11/h4-8,10,13H,3,9H2,1-2H3.